The standard InChI is InChI=1S/C25H19BrClNO3S2/c1-15-7-9-18(10-8-15)28-24(29)22(33-25(28)32)13-16-11-19(26)23(21(12-16)30-2)31-14-17-5-3-4-6-20(17)27/h3-13H,14H2,1-2H3/b22-13-. The Morgan fingerprint density at radius 3 is 2.58 bits per heavy atom. The number of thioether (sulfide) groups is 1. The molecule has 1 amide bonds. The van der Waals surface area contributed by atoms with Gasteiger partial charge in [0.15, 0.2) is 15.8 Å². The van der Waals surface area contributed by atoms with Gasteiger partial charge in [0.05, 0.1) is 22.2 Å². The average molecular weight is 561 g/mol. The van der Waals surface area contributed by atoms with Crippen LogP contribution in [0.4, 0.5) is 5.69 Å². The molecular weight excluding hydrogens is 542 g/mol. The SMILES string of the molecule is COc1cc(/C=C2\SC(=S)N(c3ccc(C)cc3)C2=O)cc(Br)c1OCc1ccccc1Cl. The maximum absolute atomic E-state index is 13.1. The van der Waals surface area contributed by atoms with E-state index < -0.39 is 0 Å². The summed E-state index contributed by atoms with van der Waals surface area (Å²) in [4.78, 5) is 15.2. The smallest absolute Gasteiger partial charge is 0.270 e. The number of carbonyl (C=O) groups excluding carboxylic acids is 1. The van der Waals surface area contributed by atoms with Gasteiger partial charge in [0.1, 0.15) is 6.61 Å². The molecule has 1 heterocycles. The van der Waals surface area contributed by atoms with Crippen molar-refractivity contribution in [3.63, 3.8) is 0 Å². The first kappa shape index (κ1) is 23.8. The lowest BCUT2D eigenvalue weighted by atomic mass is 10.1. The van der Waals surface area contributed by atoms with Gasteiger partial charge in [-0.25, -0.2) is 0 Å². The van der Waals surface area contributed by atoms with Crippen molar-refractivity contribution in [1.29, 1.82) is 0 Å². The molecule has 1 aliphatic heterocycles. The molecule has 1 saturated heterocycles. The van der Waals surface area contributed by atoms with Gasteiger partial charge in [-0.15, -0.1) is 0 Å². The van der Waals surface area contributed by atoms with Crippen molar-refractivity contribution < 1.29 is 14.3 Å². The molecule has 0 saturated carbocycles. The number of anilines is 1. The van der Waals surface area contributed by atoms with E-state index in [1.165, 1.54) is 11.8 Å². The molecule has 0 N–H and O–H groups in total. The van der Waals surface area contributed by atoms with Crippen LogP contribution in [0.25, 0.3) is 6.08 Å². The summed E-state index contributed by atoms with van der Waals surface area (Å²) in [6.45, 7) is 2.30. The minimum atomic E-state index is -0.150. The molecule has 0 bridgehead atoms. The maximum atomic E-state index is 13.1. The van der Waals surface area contributed by atoms with Crippen molar-refractivity contribution in [2.75, 3.05) is 12.0 Å². The van der Waals surface area contributed by atoms with Crippen LogP contribution in [-0.2, 0) is 11.4 Å². The second kappa shape index (κ2) is 10.3. The number of benzene rings is 3. The number of aryl methyl sites for hydroxylation is 1. The van der Waals surface area contributed by atoms with E-state index in [2.05, 4.69) is 15.9 Å². The van der Waals surface area contributed by atoms with Gasteiger partial charge in [-0.2, -0.15) is 0 Å². The lowest BCUT2D eigenvalue weighted by molar-refractivity contribution is -0.113. The summed E-state index contributed by atoms with van der Waals surface area (Å²) in [5.41, 5.74) is 3.53. The summed E-state index contributed by atoms with van der Waals surface area (Å²) >= 11 is 16.6. The van der Waals surface area contributed by atoms with E-state index in [0.29, 0.717) is 36.8 Å². The van der Waals surface area contributed by atoms with E-state index in [1.54, 1.807) is 18.1 Å². The number of halogens is 2. The van der Waals surface area contributed by atoms with E-state index in [1.807, 2.05) is 67.6 Å². The molecule has 8 heteroatoms. The second-order valence-electron chi connectivity index (χ2n) is 7.27. The van der Waals surface area contributed by atoms with Crippen LogP contribution in [0.1, 0.15) is 16.7 Å². The number of ether oxygens (including phenoxy) is 2. The van der Waals surface area contributed by atoms with Crippen LogP contribution in [0.2, 0.25) is 5.02 Å². The molecule has 4 nitrogen and oxygen atoms in total. The van der Waals surface area contributed by atoms with Crippen LogP contribution in [0.3, 0.4) is 0 Å². The van der Waals surface area contributed by atoms with Crippen molar-refractivity contribution in [2.24, 2.45) is 0 Å². The molecule has 1 fully saturated rings. The Balaban J connectivity index is 1.58. The van der Waals surface area contributed by atoms with Gasteiger partial charge in [0, 0.05) is 10.6 Å². The largest absolute Gasteiger partial charge is 0.493 e. The topological polar surface area (TPSA) is 38.8 Å². The molecule has 0 aliphatic carbocycles. The Morgan fingerprint density at radius 2 is 1.88 bits per heavy atom. The number of hydrogen-bond acceptors (Lipinski definition) is 5. The van der Waals surface area contributed by atoms with Gasteiger partial charge in [-0.3, -0.25) is 9.69 Å². The predicted molar refractivity (Wildman–Crippen MR) is 143 cm³/mol. The van der Waals surface area contributed by atoms with Gasteiger partial charge >= 0.3 is 0 Å². The third-order valence-corrected chi connectivity index (χ3v) is 7.23. The highest BCUT2D eigenvalue weighted by atomic mass is 79.9. The number of amides is 1. The van der Waals surface area contributed by atoms with Gasteiger partial charge in [0.25, 0.3) is 5.91 Å². The molecule has 0 spiro atoms. The van der Waals surface area contributed by atoms with Crippen LogP contribution in [0, 0.1) is 6.92 Å². The van der Waals surface area contributed by atoms with Gasteiger partial charge in [0.2, 0.25) is 0 Å². The normalized spacial score (nSPS) is 14.8. The minimum Gasteiger partial charge on any atom is -0.493 e. The first-order valence-electron chi connectivity index (χ1n) is 9.95. The number of rotatable bonds is 6. The Kier molecular flexibility index (Phi) is 7.44. The number of hydrogen-bond donors (Lipinski definition) is 0. The highest BCUT2D eigenvalue weighted by molar-refractivity contribution is 9.10. The van der Waals surface area contributed by atoms with Crippen molar-refractivity contribution in [2.45, 2.75) is 13.5 Å². The zero-order valence-corrected chi connectivity index (χ0v) is 21.8. The monoisotopic (exact) mass is 559 g/mol. The molecule has 33 heavy (non-hydrogen) atoms. The van der Waals surface area contributed by atoms with Crippen LogP contribution < -0.4 is 14.4 Å². The number of carbonyl (C=O) groups is 1. The van der Waals surface area contributed by atoms with Crippen LogP contribution in [0.15, 0.2) is 70.0 Å². The fourth-order valence-corrected chi connectivity index (χ4v) is 5.33. The third kappa shape index (κ3) is 5.27. The predicted octanol–water partition coefficient (Wildman–Crippen LogP) is 7.40. The minimum absolute atomic E-state index is 0.150. The van der Waals surface area contributed by atoms with Gasteiger partial charge in [-0.1, -0.05) is 71.5 Å². The Hall–Kier alpha value is -2.32. The van der Waals surface area contributed by atoms with E-state index >= 15 is 0 Å². The van der Waals surface area contributed by atoms with Crippen molar-refractivity contribution in [3.8, 4) is 11.5 Å². The summed E-state index contributed by atoms with van der Waals surface area (Å²) in [7, 11) is 1.57. The second-order valence-corrected chi connectivity index (χ2v) is 10.2. The Labute approximate surface area is 215 Å². The van der Waals surface area contributed by atoms with Crippen molar-refractivity contribution in [1.82, 2.24) is 0 Å². The molecule has 1 aliphatic rings. The Bertz CT molecular complexity index is 1260. The number of nitrogens with zero attached hydrogens (tertiary/aromatic N) is 1. The molecular formula is C25H19BrClNO3S2. The van der Waals surface area contributed by atoms with Crippen LogP contribution in [0.5, 0.6) is 11.5 Å². The molecule has 3 aromatic carbocycles. The molecule has 0 atom stereocenters. The first-order valence-corrected chi connectivity index (χ1v) is 12.4. The summed E-state index contributed by atoms with van der Waals surface area (Å²) in [6.07, 6.45) is 1.80. The first-order chi connectivity index (χ1) is 15.9. The van der Waals surface area contributed by atoms with Gasteiger partial charge < -0.3 is 9.47 Å². The molecule has 0 radical (unpaired) electrons. The summed E-state index contributed by atoms with van der Waals surface area (Å²) in [6, 6.07) is 18.9. The van der Waals surface area contributed by atoms with Crippen molar-refractivity contribution in [3.05, 3.63) is 91.8 Å². The zero-order valence-electron chi connectivity index (χ0n) is 17.8. The fourth-order valence-electron chi connectivity index (χ4n) is 3.26. The molecule has 0 aromatic heterocycles. The number of methoxy groups -OCH3 is 1. The highest BCUT2D eigenvalue weighted by Gasteiger charge is 2.33. The average Bonchev–Trinajstić information content (AvgIpc) is 3.07. The summed E-state index contributed by atoms with van der Waals surface area (Å²) in [5, 5.41) is 0.639. The number of thiocarbonyl (C=S) groups is 1. The quantitative estimate of drug-likeness (QED) is 0.232. The molecule has 168 valence electrons. The van der Waals surface area contributed by atoms with E-state index in [0.717, 1.165) is 22.4 Å². The summed E-state index contributed by atoms with van der Waals surface area (Å²) < 4.78 is 12.8. The van der Waals surface area contributed by atoms with Crippen molar-refractivity contribution >= 4 is 73.5 Å². The van der Waals surface area contributed by atoms with E-state index in [9.17, 15) is 4.79 Å². The zero-order chi connectivity index (χ0) is 23.5. The Morgan fingerprint density at radius 1 is 1.15 bits per heavy atom. The lowest BCUT2D eigenvalue weighted by Gasteiger charge is -2.15. The molecule has 4 rings (SSSR count). The van der Waals surface area contributed by atoms with E-state index in [4.69, 9.17) is 33.3 Å². The van der Waals surface area contributed by atoms with Gasteiger partial charge in [-0.05, 0) is 64.8 Å². The highest BCUT2D eigenvalue weighted by Crippen LogP contribution is 2.40. The maximum Gasteiger partial charge on any atom is 0.270 e. The molecule has 0 unspecified atom stereocenters. The summed E-state index contributed by atoms with van der Waals surface area (Å²) in [5.74, 6) is 0.946. The van der Waals surface area contributed by atoms with Crippen LogP contribution >= 0.6 is 51.5 Å². The van der Waals surface area contributed by atoms with E-state index in [-0.39, 0.29) is 5.91 Å². The molecule has 3 aromatic rings. The third-order valence-electron chi connectivity index (χ3n) is 4.97. The van der Waals surface area contributed by atoms with Crippen LogP contribution in [-0.4, -0.2) is 17.3 Å². The lowest BCUT2D eigenvalue weighted by Crippen LogP contribution is -2.27. The fraction of sp³-hybridized carbons (Fsp3) is 0.120.